The van der Waals surface area contributed by atoms with Gasteiger partial charge in [0.1, 0.15) is 12.0 Å². The Morgan fingerprint density at radius 1 is 1.38 bits per heavy atom. The van der Waals surface area contributed by atoms with E-state index in [0.29, 0.717) is 12.8 Å². The molecule has 0 aliphatic rings. The minimum Gasteiger partial charge on any atom is -0.303 e. The molecule has 88 valence electrons. The van der Waals surface area contributed by atoms with E-state index in [1.165, 1.54) is 0 Å². The molecule has 1 aromatic carbocycles. The van der Waals surface area contributed by atoms with Gasteiger partial charge in [0, 0.05) is 12.8 Å². The van der Waals surface area contributed by atoms with Crippen molar-refractivity contribution < 1.29 is 9.18 Å². The maximum Gasteiger partial charge on any atom is 0.120 e. The van der Waals surface area contributed by atoms with Crippen LogP contribution in [0.2, 0.25) is 0 Å². The van der Waals surface area contributed by atoms with Gasteiger partial charge in [0.2, 0.25) is 0 Å². The molecular weight excluding hydrogens is 203 g/mol. The van der Waals surface area contributed by atoms with Gasteiger partial charge in [0.05, 0.1) is 0 Å². The molecule has 0 spiro atoms. The zero-order valence-electron chi connectivity index (χ0n) is 10.2. The van der Waals surface area contributed by atoms with Crippen LogP contribution in [0.15, 0.2) is 24.3 Å². The lowest BCUT2D eigenvalue weighted by molar-refractivity contribution is -0.108. The van der Waals surface area contributed by atoms with Gasteiger partial charge in [-0.05, 0) is 30.9 Å². The van der Waals surface area contributed by atoms with Crippen molar-refractivity contribution in [2.45, 2.75) is 45.2 Å². The summed E-state index contributed by atoms with van der Waals surface area (Å²) in [7, 11) is 0. The van der Waals surface area contributed by atoms with Gasteiger partial charge in [-0.15, -0.1) is 0 Å². The van der Waals surface area contributed by atoms with E-state index in [-0.39, 0.29) is 5.92 Å². The van der Waals surface area contributed by atoms with Crippen molar-refractivity contribution in [1.29, 1.82) is 0 Å². The Bertz CT molecular complexity index is 352. The van der Waals surface area contributed by atoms with Crippen molar-refractivity contribution >= 4 is 6.29 Å². The van der Waals surface area contributed by atoms with Crippen LogP contribution in [-0.4, -0.2) is 12.0 Å². The first-order valence-corrected chi connectivity index (χ1v) is 5.64. The monoisotopic (exact) mass is 222 g/mol. The van der Waals surface area contributed by atoms with Crippen LogP contribution in [0.4, 0.5) is 4.39 Å². The number of rotatable bonds is 5. The fourth-order valence-electron chi connectivity index (χ4n) is 1.90. The first kappa shape index (κ1) is 12.9. The summed E-state index contributed by atoms with van der Waals surface area (Å²) in [5, 5.41) is 0. The molecule has 0 heterocycles. The topological polar surface area (TPSA) is 17.1 Å². The minimum atomic E-state index is -1.21. The maximum atomic E-state index is 13.6. The van der Waals surface area contributed by atoms with Crippen LogP contribution in [0, 0.1) is 0 Å². The number of aldehydes is 1. The lowest BCUT2D eigenvalue weighted by Gasteiger charge is -2.19. The Kier molecular flexibility index (Phi) is 4.22. The van der Waals surface area contributed by atoms with E-state index in [9.17, 15) is 9.18 Å². The van der Waals surface area contributed by atoms with Gasteiger partial charge in [0.15, 0.2) is 0 Å². The zero-order chi connectivity index (χ0) is 12.2. The molecule has 0 fully saturated rings. The summed E-state index contributed by atoms with van der Waals surface area (Å²) in [6.45, 7) is 5.15. The number of halogens is 1. The predicted molar refractivity (Wildman–Crippen MR) is 64.4 cm³/mol. The highest BCUT2D eigenvalue weighted by atomic mass is 19.1. The van der Waals surface area contributed by atoms with E-state index in [1.807, 2.05) is 31.2 Å². The summed E-state index contributed by atoms with van der Waals surface area (Å²) >= 11 is 0. The molecule has 2 heteroatoms. The predicted octanol–water partition coefficient (Wildman–Crippen LogP) is 3.67. The van der Waals surface area contributed by atoms with E-state index in [2.05, 4.69) is 0 Å². The first-order chi connectivity index (χ1) is 7.44. The molecule has 0 bridgehead atoms. The third-order valence-electron chi connectivity index (χ3n) is 2.65. The maximum absolute atomic E-state index is 13.6. The van der Waals surface area contributed by atoms with Crippen LogP contribution in [0.3, 0.4) is 0 Å². The SMILES string of the molecule is CC(CC=O)c1ccccc1CC(C)(C)F. The molecule has 0 aliphatic carbocycles. The normalized spacial score (nSPS) is 13.5. The van der Waals surface area contributed by atoms with Crippen LogP contribution in [0.5, 0.6) is 0 Å². The summed E-state index contributed by atoms with van der Waals surface area (Å²) in [6, 6.07) is 7.77. The molecule has 0 radical (unpaired) electrons. The molecule has 16 heavy (non-hydrogen) atoms. The van der Waals surface area contributed by atoms with Crippen LogP contribution < -0.4 is 0 Å². The average molecular weight is 222 g/mol. The highest BCUT2D eigenvalue weighted by Gasteiger charge is 2.19. The van der Waals surface area contributed by atoms with Gasteiger partial charge in [-0.2, -0.15) is 0 Å². The van der Waals surface area contributed by atoms with E-state index < -0.39 is 5.67 Å². The van der Waals surface area contributed by atoms with Gasteiger partial charge in [0.25, 0.3) is 0 Å². The van der Waals surface area contributed by atoms with E-state index in [1.54, 1.807) is 13.8 Å². The van der Waals surface area contributed by atoms with Crippen LogP contribution >= 0.6 is 0 Å². The van der Waals surface area contributed by atoms with E-state index >= 15 is 0 Å². The molecule has 1 atom stereocenters. The average Bonchev–Trinajstić information content (AvgIpc) is 2.16. The van der Waals surface area contributed by atoms with Crippen molar-refractivity contribution in [1.82, 2.24) is 0 Å². The molecule has 0 amide bonds. The molecule has 0 saturated heterocycles. The molecule has 1 rings (SSSR count). The van der Waals surface area contributed by atoms with Gasteiger partial charge >= 0.3 is 0 Å². The Hall–Kier alpha value is -1.18. The molecule has 1 aromatic rings. The number of benzene rings is 1. The highest BCUT2D eigenvalue weighted by Crippen LogP contribution is 2.26. The van der Waals surface area contributed by atoms with Crippen molar-refractivity contribution in [3.05, 3.63) is 35.4 Å². The van der Waals surface area contributed by atoms with Crippen LogP contribution in [-0.2, 0) is 11.2 Å². The van der Waals surface area contributed by atoms with Gasteiger partial charge in [-0.3, -0.25) is 0 Å². The Morgan fingerprint density at radius 3 is 2.56 bits per heavy atom. The van der Waals surface area contributed by atoms with Crippen LogP contribution in [0.1, 0.15) is 44.2 Å². The third-order valence-corrected chi connectivity index (χ3v) is 2.65. The molecule has 1 unspecified atom stereocenters. The summed E-state index contributed by atoms with van der Waals surface area (Å²) in [5.41, 5.74) is 0.876. The number of hydrogen-bond donors (Lipinski definition) is 0. The molecule has 1 nitrogen and oxygen atoms in total. The number of carbonyl (C=O) groups is 1. The van der Waals surface area contributed by atoms with E-state index in [4.69, 9.17) is 0 Å². The van der Waals surface area contributed by atoms with Gasteiger partial charge in [-0.25, -0.2) is 4.39 Å². The summed E-state index contributed by atoms with van der Waals surface area (Å²) < 4.78 is 13.6. The lowest BCUT2D eigenvalue weighted by atomic mass is 9.89. The Morgan fingerprint density at radius 2 is 2.00 bits per heavy atom. The summed E-state index contributed by atoms with van der Waals surface area (Å²) in [5.74, 6) is 0.163. The van der Waals surface area contributed by atoms with Crippen LogP contribution in [0.25, 0.3) is 0 Å². The molecule has 0 aromatic heterocycles. The van der Waals surface area contributed by atoms with Crippen molar-refractivity contribution in [2.24, 2.45) is 0 Å². The number of alkyl halides is 1. The smallest absolute Gasteiger partial charge is 0.120 e. The molecule has 0 saturated carbocycles. The Labute approximate surface area is 96.7 Å². The van der Waals surface area contributed by atoms with E-state index in [0.717, 1.165) is 17.4 Å². The molecule has 0 N–H and O–H groups in total. The van der Waals surface area contributed by atoms with Crippen molar-refractivity contribution in [2.75, 3.05) is 0 Å². The largest absolute Gasteiger partial charge is 0.303 e. The Balaban J connectivity index is 2.95. The van der Waals surface area contributed by atoms with Gasteiger partial charge < -0.3 is 4.79 Å². The molecular formula is C14H19FO. The zero-order valence-corrected chi connectivity index (χ0v) is 10.2. The second-order valence-corrected chi connectivity index (χ2v) is 4.90. The quantitative estimate of drug-likeness (QED) is 0.695. The number of carbonyl (C=O) groups excluding carboxylic acids is 1. The van der Waals surface area contributed by atoms with Gasteiger partial charge in [-0.1, -0.05) is 31.2 Å². The fourth-order valence-corrected chi connectivity index (χ4v) is 1.90. The number of hydrogen-bond acceptors (Lipinski definition) is 1. The summed E-state index contributed by atoms with van der Waals surface area (Å²) in [6.07, 6.45) is 1.80. The minimum absolute atomic E-state index is 0.163. The lowest BCUT2D eigenvalue weighted by Crippen LogP contribution is -2.17. The summed E-state index contributed by atoms with van der Waals surface area (Å²) in [4.78, 5) is 10.5. The standard InChI is InChI=1S/C14H19FO/c1-11(8-9-16)13-7-5-4-6-12(13)10-14(2,3)15/h4-7,9,11H,8,10H2,1-3H3. The second-order valence-electron chi connectivity index (χ2n) is 4.90. The first-order valence-electron chi connectivity index (χ1n) is 5.64. The second kappa shape index (κ2) is 5.24. The fraction of sp³-hybridized carbons (Fsp3) is 0.500. The van der Waals surface area contributed by atoms with Crippen molar-refractivity contribution in [3.8, 4) is 0 Å². The highest BCUT2D eigenvalue weighted by molar-refractivity contribution is 5.52. The van der Waals surface area contributed by atoms with Crippen molar-refractivity contribution in [3.63, 3.8) is 0 Å². The molecule has 0 aliphatic heterocycles. The third kappa shape index (κ3) is 3.76.